The third-order valence-electron chi connectivity index (χ3n) is 5.49. The predicted molar refractivity (Wildman–Crippen MR) is 124 cm³/mol. The summed E-state index contributed by atoms with van der Waals surface area (Å²) in [4.78, 5) is 41.5. The Morgan fingerprint density at radius 2 is 1.38 bits per heavy atom. The van der Waals surface area contributed by atoms with Crippen LogP contribution >= 0.6 is 0 Å². The topological polar surface area (TPSA) is 103 Å². The highest BCUT2D eigenvalue weighted by Crippen LogP contribution is 2.33. The number of ether oxygens (including phenoxy) is 1. The fourth-order valence-electron chi connectivity index (χ4n) is 3.79. The second-order valence-electron chi connectivity index (χ2n) is 7.70. The number of imide groups is 1. The Labute approximate surface area is 194 Å². The van der Waals surface area contributed by atoms with E-state index < -0.39 is 16.7 Å². The highest BCUT2D eigenvalue weighted by atomic mass is 16.6. The summed E-state index contributed by atoms with van der Waals surface area (Å²) in [5.41, 5.74) is 3.13. The molecule has 34 heavy (non-hydrogen) atoms. The van der Waals surface area contributed by atoms with E-state index in [0.29, 0.717) is 29.2 Å². The van der Waals surface area contributed by atoms with Gasteiger partial charge in [-0.1, -0.05) is 12.1 Å². The lowest BCUT2D eigenvalue weighted by molar-refractivity contribution is -0.384. The number of hydrogen-bond donors (Lipinski definition) is 0. The standard InChI is InChI=1S/C26H17N3O5/c30-25-23-10-9-22(34-21-7-5-20(6-8-21)29(32)33)16-24(23)26(31)28(25)19-3-1-17(2-4-19)15-18-11-13-27-14-12-18/h1-14,16H,15H2. The molecule has 4 aromatic rings. The molecule has 8 heteroatoms. The van der Waals surface area contributed by atoms with E-state index >= 15 is 0 Å². The van der Waals surface area contributed by atoms with E-state index in [1.54, 1.807) is 36.7 Å². The molecule has 2 heterocycles. The molecule has 0 aliphatic carbocycles. The Balaban J connectivity index is 1.34. The molecular formula is C26H17N3O5. The number of non-ortho nitro benzene ring substituents is 1. The van der Waals surface area contributed by atoms with Gasteiger partial charge in [0.1, 0.15) is 11.5 Å². The van der Waals surface area contributed by atoms with Gasteiger partial charge in [-0.15, -0.1) is 0 Å². The van der Waals surface area contributed by atoms with Gasteiger partial charge in [0.2, 0.25) is 0 Å². The zero-order valence-electron chi connectivity index (χ0n) is 17.8. The van der Waals surface area contributed by atoms with E-state index in [1.165, 1.54) is 30.3 Å². The van der Waals surface area contributed by atoms with E-state index in [0.717, 1.165) is 16.0 Å². The van der Waals surface area contributed by atoms with Crippen molar-refractivity contribution in [1.29, 1.82) is 0 Å². The lowest BCUT2D eigenvalue weighted by Crippen LogP contribution is -2.29. The van der Waals surface area contributed by atoms with Crippen LogP contribution in [-0.4, -0.2) is 21.7 Å². The number of rotatable bonds is 6. The molecular weight excluding hydrogens is 434 g/mol. The van der Waals surface area contributed by atoms with Crippen molar-refractivity contribution in [3.05, 3.63) is 124 Å². The monoisotopic (exact) mass is 451 g/mol. The molecule has 1 aliphatic heterocycles. The van der Waals surface area contributed by atoms with Crippen LogP contribution in [0.15, 0.2) is 91.3 Å². The zero-order chi connectivity index (χ0) is 23.7. The van der Waals surface area contributed by atoms with E-state index in [9.17, 15) is 19.7 Å². The lowest BCUT2D eigenvalue weighted by atomic mass is 10.1. The average molecular weight is 451 g/mol. The summed E-state index contributed by atoms with van der Waals surface area (Å²) in [6, 6.07) is 21.4. The number of pyridine rings is 1. The number of aromatic nitrogens is 1. The van der Waals surface area contributed by atoms with Crippen molar-refractivity contribution in [3.63, 3.8) is 0 Å². The molecule has 0 saturated carbocycles. The van der Waals surface area contributed by atoms with Gasteiger partial charge in [-0.3, -0.25) is 24.7 Å². The van der Waals surface area contributed by atoms with Gasteiger partial charge in [0.05, 0.1) is 21.7 Å². The predicted octanol–water partition coefficient (Wildman–Crippen LogP) is 5.17. The van der Waals surface area contributed by atoms with Crippen molar-refractivity contribution in [2.45, 2.75) is 6.42 Å². The van der Waals surface area contributed by atoms with Crippen molar-refractivity contribution in [2.75, 3.05) is 4.90 Å². The Morgan fingerprint density at radius 1 is 0.765 bits per heavy atom. The molecule has 0 unspecified atom stereocenters. The van der Waals surface area contributed by atoms with Gasteiger partial charge in [0.25, 0.3) is 17.5 Å². The number of nitrogens with zero attached hydrogens (tertiary/aromatic N) is 3. The van der Waals surface area contributed by atoms with Gasteiger partial charge in [-0.05, 0) is 72.1 Å². The van der Waals surface area contributed by atoms with Crippen molar-refractivity contribution >= 4 is 23.2 Å². The van der Waals surface area contributed by atoms with Crippen molar-refractivity contribution < 1.29 is 19.2 Å². The summed E-state index contributed by atoms with van der Waals surface area (Å²) in [6.07, 6.45) is 4.19. The second kappa shape index (κ2) is 8.59. The number of nitro groups is 1. The molecule has 3 aromatic carbocycles. The molecule has 5 rings (SSSR count). The van der Waals surface area contributed by atoms with Crippen LogP contribution in [0.4, 0.5) is 11.4 Å². The maximum atomic E-state index is 13.1. The molecule has 0 atom stereocenters. The van der Waals surface area contributed by atoms with Crippen LogP contribution in [0.3, 0.4) is 0 Å². The maximum absolute atomic E-state index is 13.1. The van der Waals surface area contributed by atoms with Crippen molar-refractivity contribution in [2.24, 2.45) is 0 Å². The highest BCUT2D eigenvalue weighted by Gasteiger charge is 2.37. The quantitative estimate of drug-likeness (QED) is 0.228. The second-order valence-corrected chi connectivity index (χ2v) is 7.70. The SMILES string of the molecule is O=C1c2ccc(Oc3ccc([N+](=O)[O-])cc3)cc2C(=O)N1c1ccc(Cc2ccncc2)cc1. The molecule has 0 radical (unpaired) electrons. The molecule has 0 N–H and O–H groups in total. The summed E-state index contributed by atoms with van der Waals surface area (Å²) in [5, 5.41) is 10.8. The van der Waals surface area contributed by atoms with Crippen molar-refractivity contribution in [1.82, 2.24) is 4.98 Å². The van der Waals surface area contributed by atoms with E-state index in [4.69, 9.17) is 4.74 Å². The molecule has 0 spiro atoms. The summed E-state index contributed by atoms with van der Waals surface area (Å²) in [5.74, 6) is -0.105. The van der Waals surface area contributed by atoms with E-state index in [2.05, 4.69) is 4.98 Å². The van der Waals surface area contributed by atoms with Crippen LogP contribution in [0, 0.1) is 10.1 Å². The lowest BCUT2D eigenvalue weighted by Gasteiger charge is -2.14. The largest absolute Gasteiger partial charge is 0.457 e. The third-order valence-corrected chi connectivity index (χ3v) is 5.49. The van der Waals surface area contributed by atoms with E-state index in [-0.39, 0.29) is 11.3 Å². The first-order chi connectivity index (χ1) is 16.5. The number of amides is 2. The normalized spacial score (nSPS) is 12.5. The molecule has 0 fully saturated rings. The van der Waals surface area contributed by atoms with Gasteiger partial charge in [0.15, 0.2) is 0 Å². The highest BCUT2D eigenvalue weighted by molar-refractivity contribution is 6.34. The Morgan fingerprint density at radius 3 is 2.06 bits per heavy atom. The van der Waals surface area contributed by atoms with Gasteiger partial charge in [0, 0.05) is 24.5 Å². The molecule has 0 saturated heterocycles. The minimum atomic E-state index is -0.496. The van der Waals surface area contributed by atoms with Crippen LogP contribution < -0.4 is 9.64 Å². The van der Waals surface area contributed by atoms with Gasteiger partial charge < -0.3 is 4.74 Å². The summed E-state index contributed by atoms with van der Waals surface area (Å²) < 4.78 is 5.73. The summed E-state index contributed by atoms with van der Waals surface area (Å²) >= 11 is 0. The summed E-state index contributed by atoms with van der Waals surface area (Å²) in [7, 11) is 0. The Bertz CT molecular complexity index is 1400. The average Bonchev–Trinajstić information content (AvgIpc) is 3.10. The summed E-state index contributed by atoms with van der Waals surface area (Å²) in [6.45, 7) is 0. The number of anilines is 1. The van der Waals surface area contributed by atoms with Crippen LogP contribution in [0.1, 0.15) is 31.8 Å². The molecule has 1 aromatic heterocycles. The maximum Gasteiger partial charge on any atom is 0.269 e. The molecule has 166 valence electrons. The first kappa shape index (κ1) is 21.0. The van der Waals surface area contributed by atoms with Crippen LogP contribution in [0.5, 0.6) is 11.5 Å². The first-order valence-corrected chi connectivity index (χ1v) is 10.4. The molecule has 1 aliphatic rings. The number of carbonyl (C=O) groups excluding carboxylic acids is 2. The molecule has 2 amide bonds. The third kappa shape index (κ3) is 4.00. The Kier molecular flexibility index (Phi) is 5.31. The smallest absolute Gasteiger partial charge is 0.269 e. The number of nitro benzene ring substituents is 1. The zero-order valence-corrected chi connectivity index (χ0v) is 17.8. The number of benzene rings is 3. The molecule has 8 nitrogen and oxygen atoms in total. The van der Waals surface area contributed by atoms with Crippen LogP contribution in [0.25, 0.3) is 0 Å². The number of fused-ring (bicyclic) bond motifs is 1. The fourth-order valence-corrected chi connectivity index (χ4v) is 3.79. The minimum Gasteiger partial charge on any atom is -0.457 e. The Hall–Kier alpha value is -4.85. The van der Waals surface area contributed by atoms with E-state index in [1.807, 2.05) is 24.3 Å². The minimum absolute atomic E-state index is 0.0514. The van der Waals surface area contributed by atoms with Gasteiger partial charge >= 0.3 is 0 Å². The molecule has 0 bridgehead atoms. The van der Waals surface area contributed by atoms with Gasteiger partial charge in [-0.2, -0.15) is 0 Å². The first-order valence-electron chi connectivity index (χ1n) is 10.4. The number of hydrogen-bond acceptors (Lipinski definition) is 6. The van der Waals surface area contributed by atoms with Crippen molar-refractivity contribution in [3.8, 4) is 11.5 Å². The van der Waals surface area contributed by atoms with Crippen LogP contribution in [-0.2, 0) is 6.42 Å². The van der Waals surface area contributed by atoms with Crippen LogP contribution in [0.2, 0.25) is 0 Å². The van der Waals surface area contributed by atoms with Gasteiger partial charge in [-0.25, -0.2) is 4.90 Å². The number of carbonyl (C=O) groups is 2. The fraction of sp³-hybridized carbons (Fsp3) is 0.0385.